The topological polar surface area (TPSA) is 37.3 Å². The molecule has 2 aliphatic carbocycles. The first-order valence-electron chi connectivity index (χ1n) is 6.57. The predicted molar refractivity (Wildman–Crippen MR) is 66.2 cm³/mol. The maximum absolute atomic E-state index is 11.6. The Morgan fingerprint density at radius 3 is 2.35 bits per heavy atom. The summed E-state index contributed by atoms with van der Waals surface area (Å²) in [5, 5.41) is 9.53. The number of carboxylic acids is 1. The first kappa shape index (κ1) is 10.8. The van der Waals surface area contributed by atoms with Crippen molar-refractivity contribution in [3.05, 3.63) is 35.4 Å². The molecule has 2 fully saturated rings. The van der Waals surface area contributed by atoms with E-state index in [1.165, 1.54) is 24.8 Å². The summed E-state index contributed by atoms with van der Waals surface area (Å²) in [5.74, 6) is -0.0152. The third kappa shape index (κ3) is 1.50. The van der Waals surface area contributed by atoms with E-state index >= 15 is 0 Å². The second-order valence-electron chi connectivity index (χ2n) is 5.46. The molecule has 0 bridgehead atoms. The van der Waals surface area contributed by atoms with Gasteiger partial charge in [0, 0.05) is 0 Å². The van der Waals surface area contributed by atoms with Gasteiger partial charge in [0.25, 0.3) is 0 Å². The molecule has 0 unspecified atom stereocenters. The van der Waals surface area contributed by atoms with Crippen LogP contribution in [0, 0.1) is 0 Å². The van der Waals surface area contributed by atoms with E-state index in [1.54, 1.807) is 0 Å². The largest absolute Gasteiger partial charge is 0.481 e. The predicted octanol–water partition coefficient (Wildman–Crippen LogP) is 3.46. The van der Waals surface area contributed by atoms with E-state index in [0.717, 1.165) is 24.8 Å². The molecule has 0 aromatic heterocycles. The van der Waals surface area contributed by atoms with Crippen molar-refractivity contribution in [2.75, 3.05) is 0 Å². The lowest BCUT2D eigenvalue weighted by molar-refractivity contribution is -0.147. The smallest absolute Gasteiger partial charge is 0.314 e. The van der Waals surface area contributed by atoms with Gasteiger partial charge in [0.15, 0.2) is 0 Å². The molecule has 3 rings (SSSR count). The van der Waals surface area contributed by atoms with Crippen LogP contribution in [-0.4, -0.2) is 11.1 Å². The summed E-state index contributed by atoms with van der Waals surface area (Å²) >= 11 is 0. The Kier molecular flexibility index (Phi) is 2.46. The quantitative estimate of drug-likeness (QED) is 0.863. The molecule has 2 heteroatoms. The van der Waals surface area contributed by atoms with Gasteiger partial charge in [-0.25, -0.2) is 0 Å². The molecular formula is C15H18O2. The minimum absolute atomic E-state index is 0.563. The van der Waals surface area contributed by atoms with Gasteiger partial charge in [0.1, 0.15) is 0 Å². The Balaban J connectivity index is 2.04. The van der Waals surface area contributed by atoms with Crippen LogP contribution in [0.3, 0.4) is 0 Å². The number of carboxylic acid groups (broad SMARTS) is 1. The summed E-state index contributed by atoms with van der Waals surface area (Å²) in [4.78, 5) is 11.6. The molecule has 0 aliphatic heterocycles. The Hall–Kier alpha value is -1.31. The number of rotatable bonds is 3. The second kappa shape index (κ2) is 3.86. The van der Waals surface area contributed by atoms with Crippen LogP contribution in [0.25, 0.3) is 0 Å². The van der Waals surface area contributed by atoms with Gasteiger partial charge in [0.2, 0.25) is 0 Å². The minimum atomic E-state index is -0.629. The summed E-state index contributed by atoms with van der Waals surface area (Å²) in [6.45, 7) is 0. The zero-order valence-corrected chi connectivity index (χ0v) is 9.98. The third-order valence-corrected chi connectivity index (χ3v) is 4.64. The summed E-state index contributed by atoms with van der Waals surface area (Å²) in [6.07, 6.45) is 6.42. The molecule has 0 saturated heterocycles. The van der Waals surface area contributed by atoms with Crippen molar-refractivity contribution in [2.45, 2.75) is 49.9 Å². The van der Waals surface area contributed by atoms with Gasteiger partial charge in [-0.1, -0.05) is 37.1 Å². The van der Waals surface area contributed by atoms with Gasteiger partial charge in [0.05, 0.1) is 5.41 Å². The highest BCUT2D eigenvalue weighted by Gasteiger charge is 2.47. The van der Waals surface area contributed by atoms with E-state index in [-0.39, 0.29) is 0 Å². The minimum Gasteiger partial charge on any atom is -0.481 e. The fraction of sp³-hybridized carbons (Fsp3) is 0.533. The van der Waals surface area contributed by atoms with E-state index in [0.29, 0.717) is 5.92 Å². The first-order valence-corrected chi connectivity index (χ1v) is 6.57. The van der Waals surface area contributed by atoms with Crippen molar-refractivity contribution in [1.29, 1.82) is 0 Å². The monoisotopic (exact) mass is 230 g/mol. The van der Waals surface area contributed by atoms with Crippen molar-refractivity contribution in [2.24, 2.45) is 0 Å². The lowest BCUT2D eigenvalue weighted by Crippen LogP contribution is -2.43. The molecule has 0 heterocycles. The number of benzene rings is 1. The molecule has 2 aliphatic rings. The highest BCUT2D eigenvalue weighted by atomic mass is 16.4. The zero-order valence-electron chi connectivity index (χ0n) is 9.98. The molecule has 1 aromatic carbocycles. The molecule has 0 spiro atoms. The van der Waals surface area contributed by atoms with Crippen LogP contribution in [0.15, 0.2) is 24.3 Å². The van der Waals surface area contributed by atoms with E-state index < -0.39 is 11.4 Å². The van der Waals surface area contributed by atoms with Crippen LogP contribution in [0.5, 0.6) is 0 Å². The highest BCUT2D eigenvalue weighted by molar-refractivity contribution is 5.83. The molecule has 0 amide bonds. The zero-order chi connectivity index (χ0) is 11.9. The van der Waals surface area contributed by atoms with E-state index in [9.17, 15) is 9.90 Å². The van der Waals surface area contributed by atoms with Crippen LogP contribution in [0.1, 0.15) is 55.6 Å². The van der Waals surface area contributed by atoms with E-state index in [4.69, 9.17) is 0 Å². The summed E-state index contributed by atoms with van der Waals surface area (Å²) in [6, 6.07) is 8.22. The Morgan fingerprint density at radius 2 is 1.88 bits per heavy atom. The fourth-order valence-electron chi connectivity index (χ4n) is 3.14. The lowest BCUT2D eigenvalue weighted by atomic mass is 9.61. The lowest BCUT2D eigenvalue weighted by Gasteiger charge is -2.41. The van der Waals surface area contributed by atoms with Crippen molar-refractivity contribution >= 4 is 5.97 Å². The Morgan fingerprint density at radius 1 is 1.18 bits per heavy atom. The molecule has 1 N–H and O–H groups in total. The van der Waals surface area contributed by atoms with Gasteiger partial charge in [-0.2, -0.15) is 0 Å². The molecule has 0 radical (unpaired) electrons. The van der Waals surface area contributed by atoms with Crippen LogP contribution < -0.4 is 0 Å². The summed E-state index contributed by atoms with van der Waals surface area (Å²) in [7, 11) is 0. The molecule has 2 saturated carbocycles. The Bertz CT molecular complexity index is 442. The molecule has 17 heavy (non-hydrogen) atoms. The number of hydrogen-bond acceptors (Lipinski definition) is 1. The summed E-state index contributed by atoms with van der Waals surface area (Å²) < 4.78 is 0. The molecule has 1 aromatic rings. The number of hydrogen-bond donors (Lipinski definition) is 1. The molecule has 0 atom stereocenters. The van der Waals surface area contributed by atoms with Crippen molar-refractivity contribution in [1.82, 2.24) is 0 Å². The fourth-order valence-corrected chi connectivity index (χ4v) is 3.14. The third-order valence-electron chi connectivity index (χ3n) is 4.64. The molecule has 90 valence electrons. The highest BCUT2D eigenvalue weighted by Crippen LogP contribution is 2.49. The first-order chi connectivity index (χ1) is 8.24. The van der Waals surface area contributed by atoms with Crippen molar-refractivity contribution in [3.63, 3.8) is 0 Å². The number of aliphatic carboxylic acids is 1. The van der Waals surface area contributed by atoms with Gasteiger partial charge in [-0.05, 0) is 42.7 Å². The van der Waals surface area contributed by atoms with Crippen LogP contribution >= 0.6 is 0 Å². The van der Waals surface area contributed by atoms with E-state index in [1.807, 2.05) is 18.2 Å². The van der Waals surface area contributed by atoms with Gasteiger partial charge >= 0.3 is 5.97 Å². The normalized spacial score (nSPS) is 22.6. The SMILES string of the molecule is O=C(O)C1(c2ccccc2C2CCC2)CCC1. The second-order valence-corrected chi connectivity index (χ2v) is 5.46. The van der Waals surface area contributed by atoms with E-state index in [2.05, 4.69) is 6.07 Å². The average Bonchev–Trinajstić information content (AvgIpc) is 2.15. The Labute approximate surface area is 102 Å². The molecular weight excluding hydrogens is 212 g/mol. The van der Waals surface area contributed by atoms with Crippen LogP contribution in [-0.2, 0) is 10.2 Å². The standard InChI is InChI=1S/C15H18O2/c16-14(17)15(9-4-10-15)13-8-2-1-7-12(13)11-5-3-6-11/h1-2,7-8,11H,3-6,9-10H2,(H,16,17). The van der Waals surface area contributed by atoms with Crippen LogP contribution in [0.4, 0.5) is 0 Å². The van der Waals surface area contributed by atoms with Crippen LogP contribution in [0.2, 0.25) is 0 Å². The van der Waals surface area contributed by atoms with Gasteiger partial charge < -0.3 is 5.11 Å². The van der Waals surface area contributed by atoms with Crippen molar-refractivity contribution in [3.8, 4) is 0 Å². The average molecular weight is 230 g/mol. The molecule has 2 nitrogen and oxygen atoms in total. The van der Waals surface area contributed by atoms with Gasteiger partial charge in [-0.3, -0.25) is 4.79 Å². The van der Waals surface area contributed by atoms with Gasteiger partial charge in [-0.15, -0.1) is 0 Å². The summed E-state index contributed by atoms with van der Waals surface area (Å²) in [5.41, 5.74) is 1.84. The maximum atomic E-state index is 11.6. The van der Waals surface area contributed by atoms with Crippen molar-refractivity contribution < 1.29 is 9.90 Å². The number of carbonyl (C=O) groups is 1. The maximum Gasteiger partial charge on any atom is 0.314 e.